The average molecular weight is 232 g/mol. The molecular weight excluding hydrogens is 224 g/mol. The molecule has 1 aliphatic carbocycles. The van der Waals surface area contributed by atoms with Crippen LogP contribution in [0.4, 0.5) is 0 Å². The third kappa shape index (κ3) is 1.23. The third-order valence-corrected chi connectivity index (χ3v) is 3.58. The Labute approximate surface area is 96.5 Å². The molecular formula is C12H8O3S. The lowest BCUT2D eigenvalue weighted by molar-refractivity contribution is 0.0979. The summed E-state index contributed by atoms with van der Waals surface area (Å²) >= 11 is 1.43. The minimum absolute atomic E-state index is 0.204. The standard InChI is InChI=1S/C12H8O3S/c13-10-7-3-1-2-4-8(7)11(14)9(10)12-15-5-6-16-12/h1-4H,5-6H2. The van der Waals surface area contributed by atoms with Gasteiger partial charge in [-0.15, -0.1) is 0 Å². The molecule has 1 aromatic rings. The predicted octanol–water partition coefficient (Wildman–Crippen LogP) is 2.04. The molecule has 4 heteroatoms. The first-order chi connectivity index (χ1) is 7.79. The van der Waals surface area contributed by atoms with E-state index in [0.717, 1.165) is 5.75 Å². The van der Waals surface area contributed by atoms with Gasteiger partial charge in [-0.1, -0.05) is 36.0 Å². The quantitative estimate of drug-likeness (QED) is 0.507. The van der Waals surface area contributed by atoms with Gasteiger partial charge in [-0.3, -0.25) is 9.59 Å². The highest BCUT2D eigenvalue weighted by atomic mass is 32.2. The number of ether oxygens (including phenoxy) is 1. The van der Waals surface area contributed by atoms with Gasteiger partial charge >= 0.3 is 0 Å². The Bertz CT molecular complexity index is 486. The van der Waals surface area contributed by atoms with Crippen molar-refractivity contribution in [1.82, 2.24) is 0 Å². The van der Waals surface area contributed by atoms with Gasteiger partial charge in [-0.05, 0) is 0 Å². The van der Waals surface area contributed by atoms with Crippen LogP contribution in [0.1, 0.15) is 20.7 Å². The van der Waals surface area contributed by atoms with E-state index in [1.807, 2.05) is 0 Å². The number of carbonyl (C=O) groups excluding carboxylic acids is 2. The van der Waals surface area contributed by atoms with E-state index in [1.165, 1.54) is 11.8 Å². The zero-order valence-corrected chi connectivity index (χ0v) is 9.17. The van der Waals surface area contributed by atoms with E-state index in [1.54, 1.807) is 24.3 Å². The van der Waals surface area contributed by atoms with Crippen LogP contribution in [0.25, 0.3) is 0 Å². The molecule has 0 aromatic heterocycles. The second kappa shape index (κ2) is 3.49. The van der Waals surface area contributed by atoms with Crippen LogP contribution in [0, 0.1) is 0 Å². The number of Topliss-reactive ketones (excluding diaryl/α,β-unsaturated/α-hetero) is 2. The first kappa shape index (κ1) is 9.66. The van der Waals surface area contributed by atoms with Gasteiger partial charge in [0.25, 0.3) is 0 Å². The molecule has 0 N–H and O–H groups in total. The molecule has 0 unspecified atom stereocenters. The summed E-state index contributed by atoms with van der Waals surface area (Å²) in [7, 11) is 0. The summed E-state index contributed by atoms with van der Waals surface area (Å²) < 4.78 is 5.31. The van der Waals surface area contributed by atoms with E-state index < -0.39 is 0 Å². The van der Waals surface area contributed by atoms with E-state index in [4.69, 9.17) is 4.74 Å². The van der Waals surface area contributed by atoms with Crippen LogP contribution >= 0.6 is 11.8 Å². The van der Waals surface area contributed by atoms with Crippen LogP contribution in [0.15, 0.2) is 34.9 Å². The molecule has 80 valence electrons. The smallest absolute Gasteiger partial charge is 0.202 e. The number of thioether (sulfide) groups is 1. The Morgan fingerprint density at radius 2 is 1.69 bits per heavy atom. The number of fused-ring (bicyclic) bond motifs is 1. The summed E-state index contributed by atoms with van der Waals surface area (Å²) in [5.41, 5.74) is 1.20. The van der Waals surface area contributed by atoms with Crippen molar-refractivity contribution in [3.63, 3.8) is 0 Å². The zero-order chi connectivity index (χ0) is 11.1. The third-order valence-electron chi connectivity index (χ3n) is 2.62. The first-order valence-corrected chi connectivity index (χ1v) is 5.96. The Hall–Kier alpha value is -1.55. The van der Waals surface area contributed by atoms with Crippen molar-refractivity contribution < 1.29 is 14.3 Å². The SMILES string of the molecule is O=C1C(=C2OCCS2)C(=O)c2ccccc21. The summed E-state index contributed by atoms with van der Waals surface area (Å²) in [6.45, 7) is 0.570. The van der Waals surface area contributed by atoms with Gasteiger partial charge in [0.2, 0.25) is 11.6 Å². The highest BCUT2D eigenvalue weighted by Gasteiger charge is 2.37. The number of rotatable bonds is 0. The Morgan fingerprint density at radius 3 is 2.19 bits per heavy atom. The number of hydrogen-bond acceptors (Lipinski definition) is 4. The van der Waals surface area contributed by atoms with Crippen LogP contribution in [-0.4, -0.2) is 23.9 Å². The fraction of sp³-hybridized carbons (Fsp3) is 0.167. The molecule has 1 aromatic carbocycles. The van der Waals surface area contributed by atoms with Crippen molar-refractivity contribution in [3.05, 3.63) is 46.1 Å². The van der Waals surface area contributed by atoms with Crippen LogP contribution in [0.3, 0.4) is 0 Å². The van der Waals surface area contributed by atoms with Crippen molar-refractivity contribution in [2.24, 2.45) is 0 Å². The molecule has 0 saturated carbocycles. The monoisotopic (exact) mass is 232 g/mol. The normalized spacial score (nSPS) is 19.0. The van der Waals surface area contributed by atoms with E-state index in [9.17, 15) is 9.59 Å². The molecule has 1 heterocycles. The van der Waals surface area contributed by atoms with Crippen molar-refractivity contribution in [2.45, 2.75) is 0 Å². The minimum atomic E-state index is -0.204. The van der Waals surface area contributed by atoms with Gasteiger partial charge in [0, 0.05) is 16.9 Å². The summed E-state index contributed by atoms with van der Waals surface area (Å²) in [5.74, 6) is 0.394. The molecule has 1 saturated heterocycles. The van der Waals surface area contributed by atoms with E-state index >= 15 is 0 Å². The molecule has 1 aliphatic heterocycles. The summed E-state index contributed by atoms with van der Waals surface area (Å²) in [6, 6.07) is 6.89. The summed E-state index contributed by atoms with van der Waals surface area (Å²) in [6.07, 6.45) is 0. The lowest BCUT2D eigenvalue weighted by Crippen LogP contribution is -2.03. The van der Waals surface area contributed by atoms with Crippen molar-refractivity contribution in [2.75, 3.05) is 12.4 Å². The van der Waals surface area contributed by atoms with Crippen LogP contribution in [0.2, 0.25) is 0 Å². The van der Waals surface area contributed by atoms with E-state index in [0.29, 0.717) is 22.8 Å². The summed E-state index contributed by atoms with van der Waals surface area (Å²) in [5, 5.41) is 0.492. The second-order valence-corrected chi connectivity index (χ2v) is 4.63. The van der Waals surface area contributed by atoms with Crippen LogP contribution < -0.4 is 0 Å². The molecule has 0 radical (unpaired) electrons. The van der Waals surface area contributed by atoms with Gasteiger partial charge in [-0.25, -0.2) is 0 Å². The molecule has 0 atom stereocenters. The van der Waals surface area contributed by atoms with Crippen LogP contribution in [0.5, 0.6) is 0 Å². The largest absolute Gasteiger partial charge is 0.486 e. The Kier molecular flexibility index (Phi) is 2.11. The average Bonchev–Trinajstić information content (AvgIpc) is 2.89. The maximum atomic E-state index is 12.0. The maximum absolute atomic E-state index is 12.0. The molecule has 1 fully saturated rings. The number of ketones is 2. The first-order valence-electron chi connectivity index (χ1n) is 4.97. The fourth-order valence-corrected chi connectivity index (χ4v) is 2.74. The van der Waals surface area contributed by atoms with Gasteiger partial charge < -0.3 is 4.74 Å². The molecule has 0 spiro atoms. The van der Waals surface area contributed by atoms with Gasteiger partial charge in [0.15, 0.2) is 5.09 Å². The summed E-state index contributed by atoms with van der Waals surface area (Å²) in [4.78, 5) is 24.0. The highest BCUT2D eigenvalue weighted by molar-refractivity contribution is 8.03. The predicted molar refractivity (Wildman–Crippen MR) is 60.5 cm³/mol. The zero-order valence-electron chi connectivity index (χ0n) is 8.36. The Morgan fingerprint density at radius 1 is 1.06 bits per heavy atom. The number of allylic oxidation sites excluding steroid dienone is 1. The Balaban J connectivity index is 2.18. The molecule has 16 heavy (non-hydrogen) atoms. The van der Waals surface area contributed by atoms with Crippen LogP contribution in [-0.2, 0) is 4.74 Å². The molecule has 0 amide bonds. The van der Waals surface area contributed by atoms with Gasteiger partial charge in [-0.2, -0.15) is 0 Å². The lowest BCUT2D eigenvalue weighted by Gasteiger charge is -1.99. The molecule has 0 bridgehead atoms. The highest BCUT2D eigenvalue weighted by Crippen LogP contribution is 2.35. The molecule has 3 nitrogen and oxygen atoms in total. The van der Waals surface area contributed by atoms with Crippen molar-refractivity contribution >= 4 is 23.3 Å². The topological polar surface area (TPSA) is 43.4 Å². The van der Waals surface area contributed by atoms with Crippen molar-refractivity contribution in [1.29, 1.82) is 0 Å². The van der Waals surface area contributed by atoms with E-state index in [-0.39, 0.29) is 17.1 Å². The van der Waals surface area contributed by atoms with Gasteiger partial charge in [0.1, 0.15) is 5.57 Å². The molecule has 3 rings (SSSR count). The second-order valence-electron chi connectivity index (χ2n) is 3.56. The number of hydrogen-bond donors (Lipinski definition) is 0. The van der Waals surface area contributed by atoms with Gasteiger partial charge in [0.05, 0.1) is 6.61 Å². The number of carbonyl (C=O) groups is 2. The molecule has 2 aliphatic rings. The fourth-order valence-electron chi connectivity index (χ4n) is 1.89. The lowest BCUT2D eigenvalue weighted by atomic mass is 10.1. The van der Waals surface area contributed by atoms with Crippen molar-refractivity contribution in [3.8, 4) is 0 Å². The minimum Gasteiger partial charge on any atom is -0.486 e. The number of benzene rings is 1. The maximum Gasteiger partial charge on any atom is 0.202 e. The van der Waals surface area contributed by atoms with E-state index in [2.05, 4.69) is 0 Å².